The zero-order chi connectivity index (χ0) is 9.42. The van der Waals surface area contributed by atoms with Crippen LogP contribution in [-0.2, 0) is 13.1 Å². The fraction of sp³-hybridized carbons (Fsp3) is 0.500. The van der Waals surface area contributed by atoms with Crippen LogP contribution in [0.15, 0.2) is 4.79 Å². The van der Waals surface area contributed by atoms with Crippen molar-refractivity contribution in [3.05, 3.63) is 21.6 Å². The van der Waals surface area contributed by atoms with Crippen molar-refractivity contribution in [3.63, 3.8) is 0 Å². The number of aromatic nitrogens is 2. The predicted molar refractivity (Wildman–Crippen MR) is 49.1 cm³/mol. The molecule has 0 amide bonds. The average Bonchev–Trinajstić information content (AvgIpc) is 2.47. The number of hydrogen-bond donors (Lipinski definition) is 2. The third kappa shape index (κ3) is 1.31. The van der Waals surface area contributed by atoms with E-state index in [2.05, 4.69) is 21.8 Å². The van der Waals surface area contributed by atoms with E-state index in [0.717, 1.165) is 24.3 Å². The molecule has 0 saturated heterocycles. The maximum absolute atomic E-state index is 11.4. The molecular weight excluding hydrogens is 168 g/mol. The first kappa shape index (κ1) is 8.25. The molecule has 70 valence electrons. The number of hydrogen-bond acceptors (Lipinski definition) is 4. The number of aromatic amines is 1. The van der Waals surface area contributed by atoms with Crippen LogP contribution in [0.4, 0.5) is 5.95 Å². The molecule has 2 heterocycles. The highest BCUT2D eigenvalue weighted by Crippen LogP contribution is 2.16. The Balaban J connectivity index is 2.46. The molecule has 0 radical (unpaired) electrons. The lowest BCUT2D eigenvalue weighted by molar-refractivity contribution is 0.299. The van der Waals surface area contributed by atoms with Crippen LogP contribution in [0.25, 0.3) is 0 Å². The minimum atomic E-state index is -0.0987. The van der Waals surface area contributed by atoms with Gasteiger partial charge in [0.05, 0.1) is 11.3 Å². The Hall–Kier alpha value is -1.36. The SMILES string of the molecule is CCN1Cc2nc(N)[nH]c(=O)c2C1. The lowest BCUT2D eigenvalue weighted by atomic mass is 10.3. The Morgan fingerprint density at radius 1 is 1.62 bits per heavy atom. The summed E-state index contributed by atoms with van der Waals surface area (Å²) >= 11 is 0. The maximum Gasteiger partial charge on any atom is 0.257 e. The van der Waals surface area contributed by atoms with E-state index in [0.29, 0.717) is 6.54 Å². The first-order valence-electron chi connectivity index (χ1n) is 4.30. The van der Waals surface area contributed by atoms with Gasteiger partial charge in [-0.05, 0) is 6.54 Å². The van der Waals surface area contributed by atoms with Crippen molar-refractivity contribution in [2.75, 3.05) is 12.3 Å². The minimum absolute atomic E-state index is 0.0987. The quantitative estimate of drug-likeness (QED) is 0.621. The summed E-state index contributed by atoms with van der Waals surface area (Å²) < 4.78 is 0. The molecule has 5 nitrogen and oxygen atoms in total. The van der Waals surface area contributed by atoms with Gasteiger partial charge in [-0.15, -0.1) is 0 Å². The summed E-state index contributed by atoms with van der Waals surface area (Å²) in [4.78, 5) is 20.1. The zero-order valence-corrected chi connectivity index (χ0v) is 7.50. The highest BCUT2D eigenvalue weighted by atomic mass is 16.1. The van der Waals surface area contributed by atoms with Gasteiger partial charge in [-0.3, -0.25) is 14.7 Å². The molecule has 13 heavy (non-hydrogen) atoms. The number of nitrogens with two attached hydrogens (primary N) is 1. The highest BCUT2D eigenvalue weighted by molar-refractivity contribution is 5.27. The van der Waals surface area contributed by atoms with E-state index >= 15 is 0 Å². The number of H-pyrrole nitrogens is 1. The van der Waals surface area contributed by atoms with Gasteiger partial charge >= 0.3 is 0 Å². The van der Waals surface area contributed by atoms with Crippen molar-refractivity contribution < 1.29 is 0 Å². The predicted octanol–water partition coefficient (Wildman–Crippen LogP) is -0.312. The second-order valence-electron chi connectivity index (χ2n) is 3.18. The van der Waals surface area contributed by atoms with Gasteiger partial charge in [0.25, 0.3) is 5.56 Å². The largest absolute Gasteiger partial charge is 0.369 e. The summed E-state index contributed by atoms with van der Waals surface area (Å²) in [7, 11) is 0. The molecule has 0 spiro atoms. The molecule has 0 bridgehead atoms. The summed E-state index contributed by atoms with van der Waals surface area (Å²) in [6.07, 6.45) is 0. The van der Waals surface area contributed by atoms with Crippen molar-refractivity contribution in [2.24, 2.45) is 0 Å². The van der Waals surface area contributed by atoms with E-state index in [1.54, 1.807) is 0 Å². The summed E-state index contributed by atoms with van der Waals surface area (Å²) in [5.41, 5.74) is 6.92. The van der Waals surface area contributed by atoms with Crippen LogP contribution in [0.1, 0.15) is 18.2 Å². The molecule has 0 aliphatic carbocycles. The van der Waals surface area contributed by atoms with Crippen molar-refractivity contribution in [2.45, 2.75) is 20.0 Å². The summed E-state index contributed by atoms with van der Waals surface area (Å²) in [5.74, 6) is 0.210. The minimum Gasteiger partial charge on any atom is -0.369 e. The second kappa shape index (κ2) is 2.85. The molecule has 1 aromatic rings. The number of fused-ring (bicyclic) bond motifs is 1. The van der Waals surface area contributed by atoms with Crippen molar-refractivity contribution in [3.8, 4) is 0 Å². The fourth-order valence-corrected chi connectivity index (χ4v) is 1.57. The molecule has 5 heteroatoms. The van der Waals surface area contributed by atoms with Crippen molar-refractivity contribution in [1.29, 1.82) is 0 Å². The Labute approximate surface area is 75.6 Å². The molecular formula is C8H12N4O. The normalized spacial score (nSPS) is 16.1. The van der Waals surface area contributed by atoms with Gasteiger partial charge < -0.3 is 5.73 Å². The Kier molecular flexibility index (Phi) is 1.81. The molecule has 0 fully saturated rings. The number of rotatable bonds is 1. The monoisotopic (exact) mass is 180 g/mol. The average molecular weight is 180 g/mol. The molecule has 1 aliphatic rings. The van der Waals surface area contributed by atoms with Crippen LogP contribution < -0.4 is 11.3 Å². The molecule has 0 atom stereocenters. The molecule has 1 aromatic heterocycles. The Morgan fingerprint density at radius 3 is 3.08 bits per heavy atom. The highest BCUT2D eigenvalue weighted by Gasteiger charge is 2.21. The summed E-state index contributed by atoms with van der Waals surface area (Å²) in [6.45, 7) is 4.41. The fourth-order valence-electron chi connectivity index (χ4n) is 1.57. The summed E-state index contributed by atoms with van der Waals surface area (Å²) in [6, 6.07) is 0. The van der Waals surface area contributed by atoms with Crippen LogP contribution in [0.3, 0.4) is 0 Å². The van der Waals surface area contributed by atoms with Gasteiger partial charge in [0.15, 0.2) is 0 Å². The van der Waals surface area contributed by atoms with Gasteiger partial charge in [0, 0.05) is 13.1 Å². The van der Waals surface area contributed by atoms with Crippen LogP contribution in [0.2, 0.25) is 0 Å². The van der Waals surface area contributed by atoms with E-state index in [-0.39, 0.29) is 11.5 Å². The number of anilines is 1. The van der Waals surface area contributed by atoms with Crippen molar-refractivity contribution in [1.82, 2.24) is 14.9 Å². The first-order chi connectivity index (χ1) is 6.20. The maximum atomic E-state index is 11.4. The van der Waals surface area contributed by atoms with Gasteiger partial charge in [-0.2, -0.15) is 0 Å². The van der Waals surface area contributed by atoms with Crippen LogP contribution in [-0.4, -0.2) is 21.4 Å². The van der Waals surface area contributed by atoms with E-state index in [1.807, 2.05) is 0 Å². The standard InChI is InChI=1S/C8H12N4O/c1-2-12-3-5-6(4-12)10-8(9)11-7(5)13/h2-4H2,1H3,(H3,9,10,11,13). The van der Waals surface area contributed by atoms with Crippen LogP contribution in [0.5, 0.6) is 0 Å². The summed E-state index contributed by atoms with van der Waals surface area (Å²) in [5, 5.41) is 0. The molecule has 2 rings (SSSR count). The lowest BCUT2D eigenvalue weighted by Crippen LogP contribution is -2.18. The van der Waals surface area contributed by atoms with E-state index < -0.39 is 0 Å². The first-order valence-corrected chi connectivity index (χ1v) is 4.30. The molecule has 0 unspecified atom stereocenters. The molecule has 0 saturated carbocycles. The zero-order valence-electron chi connectivity index (χ0n) is 7.50. The van der Waals surface area contributed by atoms with Gasteiger partial charge in [0.1, 0.15) is 0 Å². The van der Waals surface area contributed by atoms with Crippen molar-refractivity contribution >= 4 is 5.95 Å². The van der Waals surface area contributed by atoms with E-state index in [9.17, 15) is 4.79 Å². The second-order valence-corrected chi connectivity index (χ2v) is 3.18. The van der Waals surface area contributed by atoms with Gasteiger partial charge in [-0.1, -0.05) is 6.92 Å². The number of nitrogens with one attached hydrogen (secondary N) is 1. The lowest BCUT2D eigenvalue weighted by Gasteiger charge is -2.08. The smallest absolute Gasteiger partial charge is 0.257 e. The third-order valence-corrected chi connectivity index (χ3v) is 2.32. The molecule has 0 aromatic carbocycles. The topological polar surface area (TPSA) is 75.0 Å². The third-order valence-electron chi connectivity index (χ3n) is 2.32. The van der Waals surface area contributed by atoms with E-state index in [4.69, 9.17) is 5.73 Å². The van der Waals surface area contributed by atoms with Crippen LogP contribution >= 0.6 is 0 Å². The Bertz CT molecular complexity index is 384. The molecule has 1 aliphatic heterocycles. The number of nitrogen functional groups attached to an aromatic ring is 1. The van der Waals surface area contributed by atoms with Crippen LogP contribution in [0, 0.1) is 0 Å². The number of nitrogens with zero attached hydrogens (tertiary/aromatic N) is 2. The van der Waals surface area contributed by atoms with E-state index in [1.165, 1.54) is 0 Å². The molecule has 3 N–H and O–H groups in total. The van der Waals surface area contributed by atoms with Gasteiger partial charge in [0.2, 0.25) is 5.95 Å². The Morgan fingerprint density at radius 2 is 2.38 bits per heavy atom. The van der Waals surface area contributed by atoms with Gasteiger partial charge in [-0.25, -0.2) is 4.98 Å².